The van der Waals surface area contributed by atoms with E-state index in [4.69, 9.17) is 0 Å². The van der Waals surface area contributed by atoms with Crippen LogP contribution in [0.2, 0.25) is 0 Å². The van der Waals surface area contributed by atoms with Gasteiger partial charge in [-0.05, 0) is 31.7 Å². The number of carbonyl (C=O) groups is 2. The van der Waals surface area contributed by atoms with Gasteiger partial charge in [0.25, 0.3) is 5.91 Å². The second kappa shape index (κ2) is 6.26. The van der Waals surface area contributed by atoms with Crippen molar-refractivity contribution in [1.29, 1.82) is 0 Å². The third kappa shape index (κ3) is 2.84. The lowest BCUT2D eigenvalue weighted by molar-refractivity contribution is -0.122. The van der Waals surface area contributed by atoms with E-state index in [2.05, 4.69) is 29.4 Å². The molecule has 0 spiro atoms. The van der Waals surface area contributed by atoms with E-state index in [0.717, 1.165) is 24.8 Å². The van der Waals surface area contributed by atoms with Crippen molar-refractivity contribution >= 4 is 23.2 Å². The molecule has 3 heterocycles. The van der Waals surface area contributed by atoms with Crippen LogP contribution in [0.15, 0.2) is 41.2 Å². The molecule has 1 aromatic heterocycles. The minimum absolute atomic E-state index is 0.0154. The van der Waals surface area contributed by atoms with E-state index < -0.39 is 5.54 Å². The van der Waals surface area contributed by atoms with E-state index in [9.17, 15) is 9.59 Å². The van der Waals surface area contributed by atoms with E-state index in [1.807, 2.05) is 23.1 Å². The Hall–Kier alpha value is -2.21. The molecule has 130 valence electrons. The van der Waals surface area contributed by atoms with Gasteiger partial charge in [0.1, 0.15) is 5.69 Å². The molecule has 2 amide bonds. The molecular formula is C19H21N3O2S. The molecule has 0 saturated carbocycles. The number of thiazole rings is 1. The Kier molecular flexibility index (Phi) is 4.07. The Labute approximate surface area is 151 Å². The number of fused-ring (bicyclic) bond motifs is 1. The summed E-state index contributed by atoms with van der Waals surface area (Å²) < 4.78 is 0. The van der Waals surface area contributed by atoms with Gasteiger partial charge in [-0.15, -0.1) is 11.3 Å². The summed E-state index contributed by atoms with van der Waals surface area (Å²) >= 11 is 1.43. The molecule has 4 rings (SSSR count). The maximum atomic E-state index is 13.2. The van der Waals surface area contributed by atoms with Crippen LogP contribution in [-0.2, 0) is 4.79 Å². The van der Waals surface area contributed by atoms with Crippen molar-refractivity contribution in [3.05, 3.63) is 52.5 Å². The van der Waals surface area contributed by atoms with E-state index in [-0.39, 0.29) is 23.9 Å². The number of carbonyl (C=O) groups excluding carboxylic acids is 2. The van der Waals surface area contributed by atoms with Crippen molar-refractivity contribution in [1.82, 2.24) is 15.2 Å². The van der Waals surface area contributed by atoms with Gasteiger partial charge in [-0.1, -0.05) is 30.3 Å². The van der Waals surface area contributed by atoms with E-state index in [1.165, 1.54) is 11.3 Å². The first-order valence-corrected chi connectivity index (χ1v) is 9.59. The third-order valence-electron chi connectivity index (χ3n) is 5.40. The van der Waals surface area contributed by atoms with Gasteiger partial charge in [-0.25, -0.2) is 4.98 Å². The smallest absolute Gasteiger partial charge is 0.274 e. The highest BCUT2D eigenvalue weighted by molar-refractivity contribution is 7.07. The zero-order valence-electron chi connectivity index (χ0n) is 14.1. The molecule has 0 bridgehead atoms. The van der Waals surface area contributed by atoms with Crippen molar-refractivity contribution < 1.29 is 9.59 Å². The molecular weight excluding hydrogens is 334 g/mol. The Balaban J connectivity index is 1.77. The van der Waals surface area contributed by atoms with Crippen LogP contribution in [0.4, 0.5) is 0 Å². The molecule has 2 aromatic rings. The van der Waals surface area contributed by atoms with Gasteiger partial charge in [0.15, 0.2) is 0 Å². The Morgan fingerprint density at radius 1 is 1.36 bits per heavy atom. The number of nitrogens with one attached hydrogen (secondary N) is 1. The molecule has 0 unspecified atom stereocenters. The third-order valence-corrected chi connectivity index (χ3v) is 5.99. The summed E-state index contributed by atoms with van der Waals surface area (Å²) in [6.07, 6.45) is 2.88. The van der Waals surface area contributed by atoms with Crippen LogP contribution in [0.5, 0.6) is 0 Å². The molecule has 3 atom stereocenters. The predicted octanol–water partition coefficient (Wildman–Crippen LogP) is 3.16. The van der Waals surface area contributed by atoms with E-state index >= 15 is 0 Å². The van der Waals surface area contributed by atoms with Crippen molar-refractivity contribution in [2.45, 2.75) is 50.2 Å². The fraction of sp³-hybridized carbons (Fsp3) is 0.421. The van der Waals surface area contributed by atoms with Crippen molar-refractivity contribution in [2.75, 3.05) is 0 Å². The lowest BCUT2D eigenvalue weighted by Gasteiger charge is -2.34. The normalized spacial score (nSPS) is 29.0. The lowest BCUT2D eigenvalue weighted by Crippen LogP contribution is -2.54. The first kappa shape index (κ1) is 16.3. The molecule has 1 N–H and O–H groups in total. The monoisotopic (exact) mass is 355 g/mol. The average molecular weight is 355 g/mol. The fourth-order valence-corrected chi connectivity index (χ4v) is 4.80. The molecule has 2 saturated heterocycles. The van der Waals surface area contributed by atoms with Gasteiger partial charge >= 0.3 is 0 Å². The van der Waals surface area contributed by atoms with Crippen LogP contribution in [0.1, 0.15) is 54.7 Å². The van der Waals surface area contributed by atoms with Crippen LogP contribution in [0.25, 0.3) is 0 Å². The topological polar surface area (TPSA) is 62.3 Å². The van der Waals surface area contributed by atoms with Gasteiger partial charge in [0, 0.05) is 11.8 Å². The van der Waals surface area contributed by atoms with Crippen LogP contribution in [0.3, 0.4) is 0 Å². The summed E-state index contributed by atoms with van der Waals surface area (Å²) in [7, 11) is 0. The fourth-order valence-electron chi connectivity index (χ4n) is 4.28. The summed E-state index contributed by atoms with van der Waals surface area (Å²) in [5.74, 6) is 0.0414. The number of aromatic nitrogens is 1. The molecule has 5 nitrogen and oxygen atoms in total. The maximum absolute atomic E-state index is 13.2. The molecule has 6 heteroatoms. The highest BCUT2D eigenvalue weighted by Gasteiger charge is 2.53. The quantitative estimate of drug-likeness (QED) is 0.900. The van der Waals surface area contributed by atoms with Gasteiger partial charge in [0.05, 0.1) is 23.1 Å². The Morgan fingerprint density at radius 3 is 2.88 bits per heavy atom. The number of hydrogen-bond acceptors (Lipinski definition) is 4. The standard InChI is InChI=1S/C19H21N3O2S/c1-19-10-15(13-6-3-2-4-7-13)22(18(24)14-11-25-12-20-14)16(19)8-5-9-17(23)21-19/h2-4,6-7,11-12,15-16H,5,8-10H2,1H3,(H,21,23)/t15-,16-,19-/m0/s1. The number of nitrogens with zero attached hydrogens (tertiary/aromatic N) is 2. The minimum Gasteiger partial charge on any atom is -0.349 e. The van der Waals surface area contributed by atoms with Crippen LogP contribution in [-0.4, -0.2) is 33.3 Å². The predicted molar refractivity (Wildman–Crippen MR) is 96.3 cm³/mol. The van der Waals surface area contributed by atoms with Crippen LogP contribution in [0, 0.1) is 0 Å². The molecule has 0 radical (unpaired) electrons. The highest BCUT2D eigenvalue weighted by Crippen LogP contribution is 2.45. The van der Waals surface area contributed by atoms with Crippen molar-refractivity contribution in [3.8, 4) is 0 Å². The molecule has 2 fully saturated rings. The number of rotatable bonds is 2. The molecule has 0 aliphatic carbocycles. The average Bonchev–Trinajstić information content (AvgIpc) is 3.20. The van der Waals surface area contributed by atoms with Crippen molar-refractivity contribution in [3.63, 3.8) is 0 Å². The van der Waals surface area contributed by atoms with Gasteiger partial charge in [0.2, 0.25) is 5.91 Å². The SMILES string of the molecule is C[C@]12C[C@@H](c3ccccc3)N(C(=O)c3cscn3)[C@H]1CCCC(=O)N2. The van der Waals surface area contributed by atoms with Gasteiger partial charge < -0.3 is 10.2 Å². The first-order valence-electron chi connectivity index (χ1n) is 8.65. The zero-order valence-corrected chi connectivity index (χ0v) is 15.0. The van der Waals surface area contributed by atoms with E-state index in [0.29, 0.717) is 12.1 Å². The molecule has 1 aromatic carbocycles. The Bertz CT molecular complexity index is 777. The summed E-state index contributed by atoms with van der Waals surface area (Å²) in [4.78, 5) is 31.6. The highest BCUT2D eigenvalue weighted by atomic mass is 32.1. The summed E-state index contributed by atoms with van der Waals surface area (Å²) in [5.41, 5.74) is 2.88. The maximum Gasteiger partial charge on any atom is 0.274 e. The lowest BCUT2D eigenvalue weighted by atomic mass is 9.88. The van der Waals surface area contributed by atoms with E-state index in [1.54, 1.807) is 10.9 Å². The number of likely N-dealkylation sites (tertiary alicyclic amines) is 1. The first-order chi connectivity index (χ1) is 12.1. The summed E-state index contributed by atoms with van der Waals surface area (Å²) in [5, 5.41) is 5.00. The largest absolute Gasteiger partial charge is 0.349 e. The minimum atomic E-state index is -0.403. The van der Waals surface area contributed by atoms with Crippen LogP contribution < -0.4 is 5.32 Å². The zero-order chi connectivity index (χ0) is 17.4. The summed E-state index contributed by atoms with van der Waals surface area (Å²) in [6, 6.07) is 10.0. The second-order valence-corrected chi connectivity index (χ2v) is 7.81. The van der Waals surface area contributed by atoms with Crippen LogP contribution >= 0.6 is 11.3 Å². The number of amides is 2. The summed E-state index contributed by atoms with van der Waals surface area (Å²) in [6.45, 7) is 2.07. The van der Waals surface area contributed by atoms with Gasteiger partial charge in [-0.2, -0.15) is 0 Å². The van der Waals surface area contributed by atoms with Gasteiger partial charge in [-0.3, -0.25) is 9.59 Å². The Morgan fingerprint density at radius 2 is 2.16 bits per heavy atom. The number of hydrogen-bond donors (Lipinski definition) is 1. The molecule has 2 aliphatic heterocycles. The molecule has 2 aliphatic rings. The second-order valence-electron chi connectivity index (χ2n) is 7.09. The molecule has 25 heavy (non-hydrogen) atoms. The number of benzene rings is 1. The van der Waals surface area contributed by atoms with Crippen molar-refractivity contribution in [2.24, 2.45) is 0 Å².